The topological polar surface area (TPSA) is 28.2 Å². The van der Waals surface area contributed by atoms with E-state index in [2.05, 4.69) is 36.0 Å². The van der Waals surface area contributed by atoms with Crippen LogP contribution < -0.4 is 10.2 Å². The highest BCUT2D eigenvalue weighted by Crippen LogP contribution is 2.30. The summed E-state index contributed by atoms with van der Waals surface area (Å²) in [5.74, 6) is 1.73. The third-order valence-corrected chi connectivity index (χ3v) is 5.08. The zero-order chi connectivity index (χ0) is 13.7. The first-order valence-electron chi connectivity index (χ1n) is 7.61. The minimum atomic E-state index is 0.826. The van der Waals surface area contributed by atoms with Crippen molar-refractivity contribution in [2.75, 3.05) is 24.5 Å². The molecule has 1 saturated heterocycles. The zero-order valence-electron chi connectivity index (χ0n) is 12.5. The first kappa shape index (κ1) is 14.8. The van der Waals surface area contributed by atoms with Crippen molar-refractivity contribution in [2.45, 2.75) is 46.6 Å². The quantitative estimate of drug-likeness (QED) is 0.809. The maximum Gasteiger partial charge on any atom is 0.185 e. The molecule has 108 valence electrons. The second-order valence-electron chi connectivity index (χ2n) is 5.85. The fourth-order valence-corrected chi connectivity index (χ4v) is 3.60. The minimum absolute atomic E-state index is 0.826. The normalized spacial score (nSPS) is 17.4. The van der Waals surface area contributed by atoms with Gasteiger partial charge in [0.1, 0.15) is 0 Å². The molecule has 1 aromatic heterocycles. The molecule has 1 fully saturated rings. The summed E-state index contributed by atoms with van der Waals surface area (Å²) in [5, 5.41) is 4.66. The first-order chi connectivity index (χ1) is 9.20. The van der Waals surface area contributed by atoms with Gasteiger partial charge in [0, 0.05) is 30.7 Å². The average molecular weight is 281 g/mol. The molecule has 0 bridgehead atoms. The molecule has 0 aromatic carbocycles. The molecule has 0 spiro atoms. The van der Waals surface area contributed by atoms with E-state index in [9.17, 15) is 0 Å². The molecule has 0 unspecified atom stereocenters. The Balaban J connectivity index is 1.82. The molecule has 0 amide bonds. The number of thiazole rings is 1. The molecular formula is C15H27N3S. The van der Waals surface area contributed by atoms with Gasteiger partial charge in [-0.1, -0.05) is 20.8 Å². The molecule has 1 aliphatic rings. The van der Waals surface area contributed by atoms with E-state index in [1.165, 1.54) is 42.4 Å². The fourth-order valence-electron chi connectivity index (χ4n) is 2.67. The summed E-state index contributed by atoms with van der Waals surface area (Å²) in [6.07, 6.45) is 5.87. The van der Waals surface area contributed by atoms with Crippen LogP contribution in [0.4, 0.5) is 5.13 Å². The van der Waals surface area contributed by atoms with Crippen LogP contribution in [-0.4, -0.2) is 24.6 Å². The summed E-state index contributed by atoms with van der Waals surface area (Å²) < 4.78 is 0. The Kier molecular flexibility index (Phi) is 5.64. The Bertz CT molecular complexity index is 367. The highest BCUT2D eigenvalue weighted by Gasteiger charge is 2.23. The summed E-state index contributed by atoms with van der Waals surface area (Å²) in [5.41, 5.74) is 0. The van der Waals surface area contributed by atoms with E-state index in [0.717, 1.165) is 24.9 Å². The van der Waals surface area contributed by atoms with Crippen LogP contribution in [0.2, 0.25) is 0 Å². The van der Waals surface area contributed by atoms with Crippen LogP contribution in [0, 0.1) is 11.8 Å². The molecular weight excluding hydrogens is 254 g/mol. The van der Waals surface area contributed by atoms with Crippen LogP contribution in [-0.2, 0) is 6.54 Å². The van der Waals surface area contributed by atoms with Gasteiger partial charge in [0.15, 0.2) is 5.13 Å². The van der Waals surface area contributed by atoms with Gasteiger partial charge >= 0.3 is 0 Å². The second-order valence-corrected chi connectivity index (χ2v) is 6.95. The molecule has 2 heterocycles. The van der Waals surface area contributed by atoms with Crippen LogP contribution in [0.15, 0.2) is 6.20 Å². The summed E-state index contributed by atoms with van der Waals surface area (Å²) >= 11 is 1.85. The lowest BCUT2D eigenvalue weighted by molar-refractivity contribution is 0.311. The van der Waals surface area contributed by atoms with Gasteiger partial charge in [0.2, 0.25) is 0 Å². The molecule has 1 aromatic rings. The van der Waals surface area contributed by atoms with Crippen LogP contribution >= 0.6 is 11.3 Å². The van der Waals surface area contributed by atoms with E-state index < -0.39 is 0 Å². The molecule has 4 heteroatoms. The maximum absolute atomic E-state index is 4.59. The number of hydrogen-bond donors (Lipinski definition) is 1. The van der Waals surface area contributed by atoms with E-state index in [1.54, 1.807) is 0 Å². The number of nitrogens with zero attached hydrogens (tertiary/aromatic N) is 2. The Morgan fingerprint density at radius 3 is 2.79 bits per heavy atom. The van der Waals surface area contributed by atoms with E-state index in [-0.39, 0.29) is 0 Å². The van der Waals surface area contributed by atoms with Gasteiger partial charge in [-0.25, -0.2) is 4.98 Å². The molecule has 0 saturated carbocycles. The van der Waals surface area contributed by atoms with Gasteiger partial charge in [-0.15, -0.1) is 11.3 Å². The van der Waals surface area contributed by atoms with Gasteiger partial charge in [-0.3, -0.25) is 0 Å². The predicted octanol–water partition coefficient (Wildman–Crippen LogP) is 3.52. The van der Waals surface area contributed by atoms with E-state index in [1.807, 2.05) is 17.5 Å². The van der Waals surface area contributed by atoms with E-state index >= 15 is 0 Å². The molecule has 2 rings (SSSR count). The van der Waals surface area contributed by atoms with Crippen LogP contribution in [0.5, 0.6) is 0 Å². The van der Waals surface area contributed by atoms with Gasteiger partial charge in [-0.05, 0) is 37.6 Å². The molecule has 3 nitrogen and oxygen atoms in total. The highest BCUT2D eigenvalue weighted by atomic mass is 32.1. The van der Waals surface area contributed by atoms with Crippen molar-refractivity contribution in [1.29, 1.82) is 0 Å². The Labute approximate surface area is 121 Å². The Hall–Kier alpha value is -0.610. The number of anilines is 1. The van der Waals surface area contributed by atoms with Crippen molar-refractivity contribution in [3.63, 3.8) is 0 Å². The molecule has 0 radical (unpaired) electrons. The Morgan fingerprint density at radius 2 is 2.16 bits per heavy atom. The summed E-state index contributed by atoms with van der Waals surface area (Å²) in [6, 6.07) is 0. The number of piperidine rings is 1. The number of aromatic nitrogens is 1. The predicted molar refractivity (Wildman–Crippen MR) is 83.9 cm³/mol. The zero-order valence-corrected chi connectivity index (χ0v) is 13.3. The summed E-state index contributed by atoms with van der Waals surface area (Å²) in [6.45, 7) is 11.3. The van der Waals surface area contributed by atoms with Gasteiger partial charge in [0.05, 0.1) is 0 Å². The minimum Gasteiger partial charge on any atom is -0.348 e. The average Bonchev–Trinajstić information content (AvgIpc) is 2.88. The number of rotatable bonds is 6. The monoisotopic (exact) mass is 281 g/mol. The van der Waals surface area contributed by atoms with Crippen molar-refractivity contribution in [3.8, 4) is 0 Å². The van der Waals surface area contributed by atoms with E-state index in [0.29, 0.717) is 0 Å². The molecule has 0 atom stereocenters. The van der Waals surface area contributed by atoms with Crippen molar-refractivity contribution in [2.24, 2.45) is 11.8 Å². The first-order valence-corrected chi connectivity index (χ1v) is 8.42. The number of hydrogen-bond acceptors (Lipinski definition) is 4. The maximum atomic E-state index is 4.59. The van der Waals surface area contributed by atoms with Crippen LogP contribution in [0.3, 0.4) is 0 Å². The highest BCUT2D eigenvalue weighted by molar-refractivity contribution is 7.15. The van der Waals surface area contributed by atoms with Crippen molar-refractivity contribution in [3.05, 3.63) is 11.1 Å². The fraction of sp³-hybridized carbons (Fsp3) is 0.800. The smallest absolute Gasteiger partial charge is 0.185 e. The molecule has 1 aliphatic heterocycles. The number of nitrogens with one attached hydrogen (secondary N) is 1. The molecule has 19 heavy (non-hydrogen) atoms. The van der Waals surface area contributed by atoms with Crippen LogP contribution in [0.1, 0.15) is 44.9 Å². The lowest BCUT2D eigenvalue weighted by atomic mass is 9.87. The standard InChI is InChI=1S/C15H27N3S/c1-4-7-16-10-14-11-17-15(19-14)18-8-5-13(6-9-18)12(2)3/h11-13,16H,4-10H2,1-3H3. The lowest BCUT2D eigenvalue weighted by Crippen LogP contribution is -2.35. The van der Waals surface area contributed by atoms with E-state index in [4.69, 9.17) is 0 Å². The lowest BCUT2D eigenvalue weighted by Gasteiger charge is -2.33. The summed E-state index contributed by atoms with van der Waals surface area (Å²) in [7, 11) is 0. The van der Waals surface area contributed by atoms with Crippen molar-refractivity contribution in [1.82, 2.24) is 10.3 Å². The van der Waals surface area contributed by atoms with Crippen LogP contribution in [0.25, 0.3) is 0 Å². The van der Waals surface area contributed by atoms with Gasteiger partial charge in [0.25, 0.3) is 0 Å². The van der Waals surface area contributed by atoms with Crippen molar-refractivity contribution < 1.29 is 0 Å². The molecule has 1 N–H and O–H groups in total. The third-order valence-electron chi connectivity index (χ3n) is 4.02. The Morgan fingerprint density at radius 1 is 1.42 bits per heavy atom. The second kappa shape index (κ2) is 7.25. The largest absolute Gasteiger partial charge is 0.348 e. The molecule has 0 aliphatic carbocycles. The SMILES string of the molecule is CCCNCc1cnc(N2CCC(C(C)C)CC2)s1. The third kappa shape index (κ3) is 4.18. The van der Waals surface area contributed by atoms with Gasteiger partial charge in [-0.2, -0.15) is 0 Å². The summed E-state index contributed by atoms with van der Waals surface area (Å²) in [4.78, 5) is 8.41. The van der Waals surface area contributed by atoms with Gasteiger partial charge < -0.3 is 10.2 Å². The van der Waals surface area contributed by atoms with Crippen molar-refractivity contribution >= 4 is 16.5 Å².